The normalized spacial score (nSPS) is 31.1. The fourth-order valence-corrected chi connectivity index (χ4v) is 4.99. The minimum absolute atomic E-state index is 0.999. The number of aryl methyl sites for hydroxylation is 1. The molecule has 0 atom stereocenters. The Morgan fingerprint density at radius 1 is 0.833 bits per heavy atom. The van der Waals surface area contributed by atoms with E-state index in [0.717, 1.165) is 18.3 Å². The van der Waals surface area contributed by atoms with Gasteiger partial charge in [0.1, 0.15) is 6.54 Å². The monoisotopic (exact) mass is 330 g/mol. The molecule has 2 aliphatic rings. The van der Waals surface area contributed by atoms with Crippen molar-refractivity contribution in [2.75, 3.05) is 47.3 Å². The molecule has 0 bridgehead atoms. The molecule has 0 spiro atoms. The van der Waals surface area contributed by atoms with Crippen molar-refractivity contribution < 1.29 is 8.97 Å². The first kappa shape index (κ1) is 17.9. The van der Waals surface area contributed by atoms with Gasteiger partial charge in [-0.05, 0) is 49.5 Å². The van der Waals surface area contributed by atoms with Crippen LogP contribution in [0.3, 0.4) is 0 Å². The molecule has 24 heavy (non-hydrogen) atoms. The number of quaternary nitrogens is 2. The van der Waals surface area contributed by atoms with E-state index in [1.165, 1.54) is 78.5 Å². The van der Waals surface area contributed by atoms with Crippen LogP contribution < -0.4 is 0 Å². The molecule has 1 aromatic carbocycles. The van der Waals surface area contributed by atoms with E-state index in [9.17, 15) is 0 Å². The first-order valence-corrected chi connectivity index (χ1v) is 10.1. The van der Waals surface area contributed by atoms with E-state index in [-0.39, 0.29) is 0 Å². The average molecular weight is 331 g/mol. The van der Waals surface area contributed by atoms with Crippen molar-refractivity contribution in [2.24, 2.45) is 11.8 Å². The van der Waals surface area contributed by atoms with Gasteiger partial charge in [-0.25, -0.2) is 0 Å². The topological polar surface area (TPSA) is 0 Å². The second-order valence-corrected chi connectivity index (χ2v) is 9.46. The third-order valence-corrected chi connectivity index (χ3v) is 6.92. The van der Waals surface area contributed by atoms with Gasteiger partial charge in [0.2, 0.25) is 0 Å². The Balaban J connectivity index is 1.54. The summed E-state index contributed by atoms with van der Waals surface area (Å²) in [5.41, 5.74) is 3.02. The molecule has 0 aliphatic carbocycles. The third kappa shape index (κ3) is 4.40. The largest absolute Gasteiger partial charge is 0.328 e. The Morgan fingerprint density at radius 2 is 1.38 bits per heavy atom. The minimum Gasteiger partial charge on any atom is -0.328 e. The highest BCUT2D eigenvalue weighted by Gasteiger charge is 2.37. The summed E-state index contributed by atoms with van der Waals surface area (Å²) in [6, 6.07) is 9.26. The number of benzene rings is 1. The van der Waals surface area contributed by atoms with Crippen molar-refractivity contribution in [3.05, 3.63) is 35.4 Å². The highest BCUT2D eigenvalue weighted by atomic mass is 15.3. The highest BCUT2D eigenvalue weighted by molar-refractivity contribution is 5.22. The lowest BCUT2D eigenvalue weighted by Crippen LogP contribution is -2.52. The summed E-state index contributed by atoms with van der Waals surface area (Å²) in [7, 11) is 7.28. The van der Waals surface area contributed by atoms with E-state index in [2.05, 4.69) is 52.3 Å². The second-order valence-electron chi connectivity index (χ2n) is 9.46. The van der Waals surface area contributed by atoms with E-state index >= 15 is 0 Å². The number of nitrogens with zero attached hydrogens (tertiary/aromatic N) is 2. The van der Waals surface area contributed by atoms with Crippen LogP contribution in [0.15, 0.2) is 24.3 Å². The summed E-state index contributed by atoms with van der Waals surface area (Å²) in [6.07, 6.45) is 6.96. The lowest BCUT2D eigenvalue weighted by atomic mass is 9.78. The first-order chi connectivity index (χ1) is 11.4. The zero-order chi connectivity index (χ0) is 17.2. The zero-order valence-electron chi connectivity index (χ0n) is 16.4. The number of hydrogen-bond donors (Lipinski definition) is 0. The minimum atomic E-state index is 0.999. The molecule has 2 fully saturated rings. The number of rotatable bonds is 4. The summed E-state index contributed by atoms with van der Waals surface area (Å²) >= 11 is 0. The fraction of sp³-hybridized carbons (Fsp3) is 0.727. The summed E-state index contributed by atoms with van der Waals surface area (Å²) in [5, 5.41) is 0. The molecular weight excluding hydrogens is 292 g/mol. The third-order valence-electron chi connectivity index (χ3n) is 6.92. The standard InChI is InChI=1S/C22H38N2/c1-5-19-7-6-8-20(17-19)18-24(4)15-11-22(12-16-24)21-9-13-23(2,3)14-10-21/h6-8,17,21-22H,5,9-16,18H2,1-4H3/q+2. The number of piperidine rings is 2. The predicted molar refractivity (Wildman–Crippen MR) is 103 cm³/mol. The van der Waals surface area contributed by atoms with Gasteiger partial charge < -0.3 is 8.97 Å². The molecule has 2 heterocycles. The van der Waals surface area contributed by atoms with Gasteiger partial charge in [0.15, 0.2) is 0 Å². The number of hydrogen-bond acceptors (Lipinski definition) is 0. The van der Waals surface area contributed by atoms with Crippen LogP contribution in [-0.4, -0.2) is 56.3 Å². The maximum Gasteiger partial charge on any atom is 0.104 e. The SMILES string of the molecule is CCc1cccc(C[N+]2(C)CCC(C3CC[N+](C)(C)CC3)CC2)c1. The fourth-order valence-electron chi connectivity index (χ4n) is 4.99. The molecule has 0 radical (unpaired) electrons. The van der Waals surface area contributed by atoms with Gasteiger partial charge in [-0.15, -0.1) is 0 Å². The Bertz CT molecular complexity index is 531. The Labute approximate surface area is 149 Å². The maximum atomic E-state index is 2.48. The Hall–Kier alpha value is -0.860. The molecular formula is C22H38N2+2. The van der Waals surface area contributed by atoms with E-state index in [1.54, 1.807) is 0 Å². The van der Waals surface area contributed by atoms with Crippen molar-refractivity contribution in [1.82, 2.24) is 0 Å². The van der Waals surface area contributed by atoms with Gasteiger partial charge in [-0.3, -0.25) is 0 Å². The van der Waals surface area contributed by atoms with Crippen molar-refractivity contribution in [2.45, 2.75) is 45.6 Å². The van der Waals surface area contributed by atoms with E-state index < -0.39 is 0 Å². The molecule has 0 aromatic heterocycles. The van der Waals surface area contributed by atoms with E-state index in [1.807, 2.05) is 0 Å². The smallest absolute Gasteiger partial charge is 0.104 e. The van der Waals surface area contributed by atoms with Gasteiger partial charge in [0.05, 0.1) is 47.3 Å². The molecule has 0 unspecified atom stereocenters. The molecule has 0 saturated carbocycles. The molecule has 2 aliphatic heterocycles. The number of likely N-dealkylation sites (tertiary alicyclic amines) is 2. The molecule has 2 nitrogen and oxygen atoms in total. The van der Waals surface area contributed by atoms with Gasteiger partial charge in [0.25, 0.3) is 0 Å². The predicted octanol–water partition coefficient (Wildman–Crippen LogP) is 4.09. The van der Waals surface area contributed by atoms with Crippen molar-refractivity contribution in [3.8, 4) is 0 Å². The molecule has 134 valence electrons. The van der Waals surface area contributed by atoms with Crippen LogP contribution in [0, 0.1) is 11.8 Å². The van der Waals surface area contributed by atoms with Gasteiger partial charge in [-0.2, -0.15) is 0 Å². The van der Waals surface area contributed by atoms with Crippen LogP contribution in [0.5, 0.6) is 0 Å². The molecule has 2 heteroatoms. The van der Waals surface area contributed by atoms with Crippen LogP contribution >= 0.6 is 0 Å². The highest BCUT2D eigenvalue weighted by Crippen LogP contribution is 2.35. The Kier molecular flexibility index (Phi) is 5.36. The van der Waals surface area contributed by atoms with E-state index in [4.69, 9.17) is 0 Å². The quantitative estimate of drug-likeness (QED) is 0.729. The molecule has 2 saturated heterocycles. The van der Waals surface area contributed by atoms with Gasteiger partial charge in [-0.1, -0.05) is 31.2 Å². The maximum absolute atomic E-state index is 2.48. The Morgan fingerprint density at radius 3 is 1.96 bits per heavy atom. The lowest BCUT2D eigenvalue weighted by molar-refractivity contribution is -0.928. The first-order valence-electron chi connectivity index (χ1n) is 10.1. The van der Waals surface area contributed by atoms with Crippen molar-refractivity contribution in [1.29, 1.82) is 0 Å². The van der Waals surface area contributed by atoms with E-state index in [0.29, 0.717) is 0 Å². The molecule has 0 N–H and O–H groups in total. The summed E-state index contributed by atoms with van der Waals surface area (Å²) < 4.78 is 2.49. The van der Waals surface area contributed by atoms with Crippen molar-refractivity contribution in [3.63, 3.8) is 0 Å². The molecule has 0 amide bonds. The zero-order valence-corrected chi connectivity index (χ0v) is 16.4. The van der Waals surface area contributed by atoms with Crippen LogP contribution in [-0.2, 0) is 13.0 Å². The molecule has 1 aromatic rings. The van der Waals surface area contributed by atoms with Crippen LogP contribution in [0.2, 0.25) is 0 Å². The van der Waals surface area contributed by atoms with Gasteiger partial charge in [0, 0.05) is 5.56 Å². The van der Waals surface area contributed by atoms with Crippen LogP contribution in [0.25, 0.3) is 0 Å². The van der Waals surface area contributed by atoms with Crippen molar-refractivity contribution >= 4 is 0 Å². The lowest BCUT2D eigenvalue weighted by Gasteiger charge is -2.45. The second kappa shape index (κ2) is 7.17. The molecule has 3 rings (SSSR count). The summed E-state index contributed by atoms with van der Waals surface area (Å²) in [4.78, 5) is 0. The average Bonchev–Trinajstić information content (AvgIpc) is 2.56. The summed E-state index contributed by atoms with van der Waals surface area (Å²) in [6.45, 7) is 8.99. The van der Waals surface area contributed by atoms with Gasteiger partial charge >= 0.3 is 0 Å². The summed E-state index contributed by atoms with van der Waals surface area (Å²) in [5.74, 6) is 2.01. The van der Waals surface area contributed by atoms with Crippen LogP contribution in [0.4, 0.5) is 0 Å². The van der Waals surface area contributed by atoms with Crippen LogP contribution in [0.1, 0.15) is 43.7 Å².